The smallest absolute Gasteiger partial charge is 0.329 e. The highest BCUT2D eigenvalue weighted by atomic mass is 16.6. The van der Waals surface area contributed by atoms with E-state index in [-0.39, 0.29) is 11.5 Å². The van der Waals surface area contributed by atoms with E-state index >= 15 is 0 Å². The van der Waals surface area contributed by atoms with Crippen LogP contribution in [0.25, 0.3) is 0 Å². The molecule has 0 radical (unpaired) electrons. The summed E-state index contributed by atoms with van der Waals surface area (Å²) in [6.45, 7) is 0.915. The molecule has 1 saturated carbocycles. The fraction of sp³-hybridized carbons (Fsp3) is 0.692. The molecular weight excluding hydrogens is 258 g/mol. The Morgan fingerprint density at radius 3 is 2.80 bits per heavy atom. The molecule has 20 heavy (non-hydrogen) atoms. The molecule has 2 heterocycles. The van der Waals surface area contributed by atoms with Crippen molar-refractivity contribution in [3.05, 3.63) is 16.3 Å². The van der Waals surface area contributed by atoms with Gasteiger partial charge in [0.25, 0.3) is 0 Å². The number of nitrogens with zero attached hydrogens (tertiary/aromatic N) is 4. The Balaban J connectivity index is 1.87. The SMILES string of the molecule is Nc1nc(N2CCC[C@H]3CCCC[C@@H]32)ncc1[N+](=O)[O-]. The third kappa shape index (κ3) is 2.28. The lowest BCUT2D eigenvalue weighted by atomic mass is 9.78. The standard InChI is InChI=1S/C13H19N5O2/c14-12-11(18(19)20)8-15-13(16-12)17-7-3-5-9-4-1-2-6-10(9)17/h8-10H,1-7H2,(H2,14,15,16)/t9-,10+/m1/s1. The summed E-state index contributed by atoms with van der Waals surface area (Å²) in [5, 5.41) is 10.8. The molecule has 7 heteroatoms. The van der Waals surface area contributed by atoms with Crippen LogP contribution < -0.4 is 10.6 Å². The first-order chi connectivity index (χ1) is 9.66. The fourth-order valence-corrected chi connectivity index (χ4v) is 3.53. The molecule has 1 aliphatic carbocycles. The van der Waals surface area contributed by atoms with E-state index in [1.54, 1.807) is 0 Å². The average Bonchev–Trinajstić information content (AvgIpc) is 2.46. The van der Waals surface area contributed by atoms with Gasteiger partial charge in [0.15, 0.2) is 0 Å². The molecule has 108 valence electrons. The van der Waals surface area contributed by atoms with Crippen LogP contribution in [-0.2, 0) is 0 Å². The monoisotopic (exact) mass is 277 g/mol. The van der Waals surface area contributed by atoms with Crippen LogP contribution in [0.5, 0.6) is 0 Å². The molecule has 1 aromatic heterocycles. The Morgan fingerprint density at radius 1 is 1.30 bits per heavy atom. The molecule has 3 rings (SSSR count). The topological polar surface area (TPSA) is 98.2 Å². The zero-order valence-electron chi connectivity index (χ0n) is 11.4. The van der Waals surface area contributed by atoms with Gasteiger partial charge in [0.1, 0.15) is 6.20 Å². The molecule has 7 nitrogen and oxygen atoms in total. The van der Waals surface area contributed by atoms with Gasteiger partial charge in [-0.15, -0.1) is 0 Å². The minimum Gasteiger partial charge on any atom is -0.378 e. The number of nitrogen functional groups attached to an aromatic ring is 1. The van der Waals surface area contributed by atoms with Crippen molar-refractivity contribution < 1.29 is 4.92 Å². The predicted molar refractivity (Wildman–Crippen MR) is 75.4 cm³/mol. The van der Waals surface area contributed by atoms with Crippen LogP contribution in [0.1, 0.15) is 38.5 Å². The van der Waals surface area contributed by atoms with E-state index in [0.717, 1.165) is 19.4 Å². The summed E-state index contributed by atoms with van der Waals surface area (Å²) in [7, 11) is 0. The van der Waals surface area contributed by atoms with Crippen molar-refractivity contribution in [3.63, 3.8) is 0 Å². The summed E-state index contributed by atoms with van der Waals surface area (Å²) in [4.78, 5) is 20.8. The van der Waals surface area contributed by atoms with Crippen molar-refractivity contribution >= 4 is 17.5 Å². The van der Waals surface area contributed by atoms with Crippen LogP contribution in [0, 0.1) is 16.0 Å². The number of aromatic nitrogens is 2. The minimum absolute atomic E-state index is 0.0436. The van der Waals surface area contributed by atoms with E-state index in [9.17, 15) is 10.1 Å². The number of anilines is 2. The number of hydrogen-bond donors (Lipinski definition) is 1. The van der Waals surface area contributed by atoms with Crippen LogP contribution in [0.3, 0.4) is 0 Å². The fourth-order valence-electron chi connectivity index (χ4n) is 3.53. The van der Waals surface area contributed by atoms with Gasteiger partial charge in [-0.1, -0.05) is 12.8 Å². The Bertz CT molecular complexity index is 519. The Kier molecular flexibility index (Phi) is 3.42. The summed E-state index contributed by atoms with van der Waals surface area (Å²) >= 11 is 0. The molecule has 2 aliphatic rings. The largest absolute Gasteiger partial charge is 0.378 e. The number of nitro groups is 1. The van der Waals surface area contributed by atoms with Crippen LogP contribution in [0.15, 0.2) is 6.20 Å². The lowest BCUT2D eigenvalue weighted by Gasteiger charge is -2.44. The van der Waals surface area contributed by atoms with Gasteiger partial charge in [-0.05, 0) is 31.6 Å². The van der Waals surface area contributed by atoms with E-state index in [1.165, 1.54) is 31.9 Å². The van der Waals surface area contributed by atoms with Gasteiger partial charge in [0, 0.05) is 12.6 Å². The van der Waals surface area contributed by atoms with Crippen molar-refractivity contribution in [3.8, 4) is 0 Å². The summed E-state index contributed by atoms with van der Waals surface area (Å²) in [6, 6.07) is 0.471. The van der Waals surface area contributed by atoms with Gasteiger partial charge in [-0.3, -0.25) is 10.1 Å². The molecule has 0 amide bonds. The van der Waals surface area contributed by atoms with Crippen molar-refractivity contribution in [1.82, 2.24) is 9.97 Å². The molecule has 2 N–H and O–H groups in total. The number of piperidine rings is 1. The summed E-state index contributed by atoms with van der Waals surface area (Å²) < 4.78 is 0. The number of fused-ring (bicyclic) bond motifs is 1. The van der Waals surface area contributed by atoms with E-state index in [0.29, 0.717) is 17.9 Å². The molecule has 1 saturated heterocycles. The van der Waals surface area contributed by atoms with Gasteiger partial charge in [-0.25, -0.2) is 4.98 Å². The van der Waals surface area contributed by atoms with Gasteiger partial charge in [0.2, 0.25) is 11.8 Å². The van der Waals surface area contributed by atoms with Crippen LogP contribution in [0.2, 0.25) is 0 Å². The van der Waals surface area contributed by atoms with Crippen LogP contribution >= 0.6 is 0 Å². The first kappa shape index (κ1) is 13.1. The normalized spacial score (nSPS) is 26.1. The van der Waals surface area contributed by atoms with Crippen LogP contribution in [0.4, 0.5) is 17.5 Å². The summed E-state index contributed by atoms with van der Waals surface area (Å²) in [6.07, 6.45) is 8.59. The molecule has 1 aliphatic heterocycles. The highest BCUT2D eigenvalue weighted by Crippen LogP contribution is 2.37. The molecular formula is C13H19N5O2. The number of hydrogen-bond acceptors (Lipinski definition) is 6. The molecule has 2 fully saturated rings. The lowest BCUT2D eigenvalue weighted by molar-refractivity contribution is -0.384. The zero-order chi connectivity index (χ0) is 14.1. The van der Waals surface area contributed by atoms with Crippen molar-refractivity contribution in [2.24, 2.45) is 5.92 Å². The Morgan fingerprint density at radius 2 is 2.05 bits per heavy atom. The highest BCUT2D eigenvalue weighted by molar-refractivity contribution is 5.54. The third-order valence-electron chi connectivity index (χ3n) is 4.48. The first-order valence-electron chi connectivity index (χ1n) is 7.20. The second kappa shape index (κ2) is 5.22. The third-order valence-corrected chi connectivity index (χ3v) is 4.48. The molecule has 0 spiro atoms. The highest BCUT2D eigenvalue weighted by Gasteiger charge is 2.34. The Hall–Kier alpha value is -1.92. The summed E-state index contributed by atoms with van der Waals surface area (Å²) in [5.41, 5.74) is 5.46. The van der Waals surface area contributed by atoms with Crippen molar-refractivity contribution in [2.75, 3.05) is 17.2 Å². The minimum atomic E-state index is -0.543. The van der Waals surface area contributed by atoms with Crippen molar-refractivity contribution in [1.29, 1.82) is 0 Å². The van der Waals surface area contributed by atoms with Gasteiger partial charge >= 0.3 is 5.69 Å². The van der Waals surface area contributed by atoms with Gasteiger partial charge in [-0.2, -0.15) is 4.98 Å². The number of nitrogens with two attached hydrogens (primary N) is 1. The second-order valence-electron chi connectivity index (χ2n) is 5.65. The zero-order valence-corrected chi connectivity index (χ0v) is 11.4. The predicted octanol–water partition coefficient (Wildman–Crippen LogP) is 2.13. The summed E-state index contributed by atoms with van der Waals surface area (Å²) in [5.74, 6) is 1.21. The maximum atomic E-state index is 10.8. The second-order valence-corrected chi connectivity index (χ2v) is 5.65. The van der Waals surface area contributed by atoms with Gasteiger partial charge in [0.05, 0.1) is 4.92 Å². The Labute approximate surface area is 117 Å². The van der Waals surface area contributed by atoms with E-state index < -0.39 is 4.92 Å². The number of rotatable bonds is 2. The molecule has 0 bridgehead atoms. The van der Waals surface area contributed by atoms with E-state index in [4.69, 9.17) is 5.73 Å². The lowest BCUT2D eigenvalue weighted by Crippen LogP contribution is -2.47. The van der Waals surface area contributed by atoms with Gasteiger partial charge < -0.3 is 10.6 Å². The molecule has 2 atom stereocenters. The maximum Gasteiger partial charge on any atom is 0.329 e. The maximum absolute atomic E-state index is 10.8. The molecule has 0 unspecified atom stereocenters. The molecule has 1 aromatic rings. The first-order valence-corrected chi connectivity index (χ1v) is 7.20. The van der Waals surface area contributed by atoms with Crippen LogP contribution in [-0.4, -0.2) is 27.5 Å². The molecule has 0 aromatic carbocycles. The van der Waals surface area contributed by atoms with E-state index in [2.05, 4.69) is 14.9 Å². The van der Waals surface area contributed by atoms with Crippen molar-refractivity contribution in [2.45, 2.75) is 44.6 Å². The van der Waals surface area contributed by atoms with E-state index in [1.807, 2.05) is 0 Å². The quantitative estimate of drug-likeness (QED) is 0.656. The average molecular weight is 277 g/mol.